The Hall–Kier alpha value is -1.84. The van der Waals surface area contributed by atoms with E-state index in [2.05, 4.69) is 36.5 Å². The van der Waals surface area contributed by atoms with Crippen molar-refractivity contribution in [1.29, 1.82) is 0 Å². The molecule has 7 nitrogen and oxygen atoms in total. The number of aliphatic imine (C=N–C) groups is 1. The summed E-state index contributed by atoms with van der Waals surface area (Å²) < 4.78 is 7.50. The fourth-order valence-corrected chi connectivity index (χ4v) is 3.03. The van der Waals surface area contributed by atoms with Gasteiger partial charge in [-0.3, -0.25) is 4.99 Å². The number of ether oxygens (including phenoxy) is 1. The second kappa shape index (κ2) is 10.3. The van der Waals surface area contributed by atoms with Crippen LogP contribution in [0.1, 0.15) is 36.5 Å². The smallest absolute Gasteiger partial charge is 0.191 e. The number of benzene rings is 1. The third kappa shape index (κ3) is 5.33. The number of guanidine groups is 1. The Bertz CT molecular complexity index is 730. The Morgan fingerprint density at radius 1 is 1.19 bits per heavy atom. The van der Waals surface area contributed by atoms with E-state index < -0.39 is 0 Å². The van der Waals surface area contributed by atoms with Gasteiger partial charge in [-0.05, 0) is 30.5 Å². The van der Waals surface area contributed by atoms with Gasteiger partial charge in [0.1, 0.15) is 11.6 Å². The molecule has 3 rings (SSSR count). The van der Waals surface area contributed by atoms with Crippen LogP contribution in [0.4, 0.5) is 0 Å². The predicted molar refractivity (Wildman–Crippen MR) is 113 cm³/mol. The molecule has 8 heteroatoms. The Morgan fingerprint density at radius 2 is 2.04 bits per heavy atom. The van der Waals surface area contributed by atoms with Crippen LogP contribution in [-0.4, -0.2) is 34.9 Å². The van der Waals surface area contributed by atoms with Gasteiger partial charge in [-0.2, -0.15) is 0 Å². The molecule has 0 saturated heterocycles. The second-order valence-corrected chi connectivity index (χ2v) is 6.13. The Kier molecular flexibility index (Phi) is 8.14. The molecule has 0 saturated carbocycles. The van der Waals surface area contributed by atoms with Gasteiger partial charge in [-0.25, -0.2) is 0 Å². The van der Waals surface area contributed by atoms with Gasteiger partial charge in [0.25, 0.3) is 0 Å². The molecule has 2 N–H and O–H groups in total. The summed E-state index contributed by atoms with van der Waals surface area (Å²) in [5.41, 5.74) is 1.14. The number of nitrogens with zero attached hydrogens (tertiary/aromatic N) is 4. The zero-order valence-corrected chi connectivity index (χ0v) is 17.7. The van der Waals surface area contributed by atoms with E-state index in [1.54, 1.807) is 14.2 Å². The number of fused-ring (bicyclic) bond motifs is 1. The van der Waals surface area contributed by atoms with Crippen molar-refractivity contribution < 1.29 is 4.74 Å². The fourth-order valence-electron chi connectivity index (χ4n) is 3.03. The van der Waals surface area contributed by atoms with Gasteiger partial charge in [0.2, 0.25) is 0 Å². The van der Waals surface area contributed by atoms with Crippen molar-refractivity contribution in [3.63, 3.8) is 0 Å². The highest BCUT2D eigenvalue weighted by molar-refractivity contribution is 14.0. The summed E-state index contributed by atoms with van der Waals surface area (Å²) >= 11 is 0. The van der Waals surface area contributed by atoms with E-state index in [9.17, 15) is 0 Å². The summed E-state index contributed by atoms with van der Waals surface area (Å²) in [6.07, 6.45) is 4.69. The second-order valence-electron chi connectivity index (χ2n) is 6.13. The molecule has 0 unspecified atom stereocenters. The Balaban J connectivity index is 0.00000243. The van der Waals surface area contributed by atoms with Crippen molar-refractivity contribution in [2.75, 3.05) is 14.2 Å². The van der Waals surface area contributed by atoms with Crippen LogP contribution in [0.5, 0.6) is 5.75 Å². The lowest BCUT2D eigenvalue weighted by molar-refractivity contribution is 0.414. The lowest BCUT2D eigenvalue weighted by atomic mass is 10.2. The molecule has 1 aromatic heterocycles. The summed E-state index contributed by atoms with van der Waals surface area (Å²) in [6.45, 7) is 2.30. The normalized spacial score (nSPS) is 14.0. The van der Waals surface area contributed by atoms with Crippen LogP contribution in [0.2, 0.25) is 0 Å². The first-order valence-corrected chi connectivity index (χ1v) is 8.78. The van der Waals surface area contributed by atoms with Gasteiger partial charge in [0.15, 0.2) is 11.8 Å². The van der Waals surface area contributed by atoms with Crippen molar-refractivity contribution in [3.05, 3.63) is 41.5 Å². The predicted octanol–water partition coefficient (Wildman–Crippen LogP) is 2.50. The summed E-state index contributed by atoms with van der Waals surface area (Å²) in [7, 11) is 3.44. The van der Waals surface area contributed by atoms with Gasteiger partial charge in [0.05, 0.1) is 13.7 Å². The summed E-state index contributed by atoms with van der Waals surface area (Å²) in [5.74, 6) is 3.68. The van der Waals surface area contributed by atoms with Crippen LogP contribution in [0, 0.1) is 0 Å². The lowest BCUT2D eigenvalue weighted by Crippen LogP contribution is -2.37. The number of hydrogen-bond acceptors (Lipinski definition) is 4. The van der Waals surface area contributed by atoms with Gasteiger partial charge in [0, 0.05) is 26.6 Å². The highest BCUT2D eigenvalue weighted by Crippen LogP contribution is 2.14. The van der Waals surface area contributed by atoms with Gasteiger partial charge >= 0.3 is 0 Å². The first-order chi connectivity index (χ1) is 12.3. The largest absolute Gasteiger partial charge is 0.497 e. The highest BCUT2D eigenvalue weighted by Gasteiger charge is 2.14. The third-order valence-electron chi connectivity index (χ3n) is 4.42. The summed E-state index contributed by atoms with van der Waals surface area (Å²) in [5, 5.41) is 15.3. The number of aromatic nitrogens is 3. The van der Waals surface area contributed by atoms with Crippen LogP contribution >= 0.6 is 24.0 Å². The molecule has 26 heavy (non-hydrogen) atoms. The van der Waals surface area contributed by atoms with E-state index in [1.807, 2.05) is 18.2 Å². The number of hydrogen-bond donors (Lipinski definition) is 2. The molecular formula is C18H27IN6O. The van der Waals surface area contributed by atoms with Crippen LogP contribution in [0.25, 0.3) is 0 Å². The van der Waals surface area contributed by atoms with Crippen LogP contribution in [-0.2, 0) is 26.1 Å². The molecule has 0 radical (unpaired) electrons. The third-order valence-corrected chi connectivity index (χ3v) is 4.42. The highest BCUT2D eigenvalue weighted by atomic mass is 127. The molecule has 0 fully saturated rings. The monoisotopic (exact) mass is 470 g/mol. The van der Waals surface area contributed by atoms with Crippen molar-refractivity contribution in [2.45, 2.75) is 45.3 Å². The van der Waals surface area contributed by atoms with Gasteiger partial charge in [-0.1, -0.05) is 18.6 Å². The molecule has 0 atom stereocenters. The number of nitrogens with one attached hydrogen (secondary N) is 2. The fraction of sp³-hybridized carbons (Fsp3) is 0.500. The van der Waals surface area contributed by atoms with Crippen molar-refractivity contribution >= 4 is 29.9 Å². The van der Waals surface area contributed by atoms with E-state index in [4.69, 9.17) is 4.74 Å². The number of methoxy groups -OCH3 is 1. The van der Waals surface area contributed by atoms with Gasteiger partial charge in [-0.15, -0.1) is 34.2 Å². The summed E-state index contributed by atoms with van der Waals surface area (Å²) in [6, 6.07) is 7.99. The molecule has 2 aromatic rings. The van der Waals surface area contributed by atoms with E-state index in [0.29, 0.717) is 13.1 Å². The Labute approximate surface area is 171 Å². The molecule has 0 bridgehead atoms. The average molecular weight is 470 g/mol. The maximum atomic E-state index is 5.26. The van der Waals surface area contributed by atoms with Crippen LogP contribution < -0.4 is 15.4 Å². The summed E-state index contributed by atoms with van der Waals surface area (Å²) in [4.78, 5) is 4.28. The first-order valence-electron chi connectivity index (χ1n) is 8.78. The molecular weight excluding hydrogens is 443 g/mol. The minimum absolute atomic E-state index is 0. The molecule has 1 aliphatic heterocycles. The molecule has 0 amide bonds. The molecule has 2 heterocycles. The van der Waals surface area contributed by atoms with E-state index in [1.165, 1.54) is 19.3 Å². The first kappa shape index (κ1) is 20.5. The molecule has 0 aliphatic carbocycles. The zero-order chi connectivity index (χ0) is 17.5. The molecule has 142 valence electrons. The maximum Gasteiger partial charge on any atom is 0.191 e. The number of aryl methyl sites for hydroxylation is 1. The maximum absolute atomic E-state index is 5.26. The molecule has 0 spiro atoms. The zero-order valence-electron chi connectivity index (χ0n) is 15.4. The van der Waals surface area contributed by atoms with E-state index in [-0.39, 0.29) is 24.0 Å². The number of rotatable bonds is 5. The minimum Gasteiger partial charge on any atom is -0.497 e. The van der Waals surface area contributed by atoms with Crippen molar-refractivity contribution in [1.82, 2.24) is 25.4 Å². The number of halogens is 1. The minimum atomic E-state index is 0. The lowest BCUT2D eigenvalue weighted by Gasteiger charge is -2.13. The standard InChI is InChI=1S/C18H26N6O.HI/c1-19-18(20-12-14-7-6-8-15(11-14)25-2)21-13-17-23-22-16-9-4-3-5-10-24(16)17;/h6-8,11H,3-5,9-10,12-13H2,1-2H3,(H2,19,20,21);1H. The van der Waals surface area contributed by atoms with E-state index >= 15 is 0 Å². The van der Waals surface area contributed by atoms with Crippen LogP contribution in [0.3, 0.4) is 0 Å². The van der Waals surface area contributed by atoms with Gasteiger partial charge < -0.3 is 19.9 Å². The SMILES string of the molecule is CN=C(NCc1cccc(OC)c1)NCc1nnc2n1CCCCC2.I. The quantitative estimate of drug-likeness (QED) is 0.399. The average Bonchev–Trinajstić information content (AvgIpc) is 2.88. The Morgan fingerprint density at radius 3 is 2.85 bits per heavy atom. The molecule has 1 aliphatic rings. The molecule has 1 aromatic carbocycles. The van der Waals surface area contributed by atoms with Crippen LogP contribution in [0.15, 0.2) is 29.3 Å². The topological polar surface area (TPSA) is 76.4 Å². The van der Waals surface area contributed by atoms with E-state index in [0.717, 1.165) is 41.9 Å². The van der Waals surface area contributed by atoms with Crippen molar-refractivity contribution in [2.24, 2.45) is 4.99 Å². The van der Waals surface area contributed by atoms with Crippen molar-refractivity contribution in [3.8, 4) is 5.75 Å².